The van der Waals surface area contributed by atoms with Crippen molar-refractivity contribution in [3.63, 3.8) is 0 Å². The van der Waals surface area contributed by atoms with Gasteiger partial charge in [-0.2, -0.15) is 0 Å². The fourth-order valence-electron chi connectivity index (χ4n) is 1.57. The van der Waals surface area contributed by atoms with Crippen molar-refractivity contribution in [3.05, 3.63) is 38.4 Å². The van der Waals surface area contributed by atoms with Gasteiger partial charge >= 0.3 is 5.97 Å². The lowest BCUT2D eigenvalue weighted by molar-refractivity contribution is -0.385. The second-order valence-electron chi connectivity index (χ2n) is 3.86. The topological polar surface area (TPSA) is 81.5 Å². The maximum absolute atomic E-state index is 11.2. The number of nitro benzene ring substituents is 1. The lowest BCUT2D eigenvalue weighted by atomic mass is 10.1. The van der Waals surface area contributed by atoms with E-state index in [-0.39, 0.29) is 18.8 Å². The molecule has 1 aromatic carbocycles. The largest absolute Gasteiger partial charge is 0.465 e. The number of benzene rings is 1. The number of nitrogens with one attached hydrogen (secondary N) is 1. The number of hydrogen-bond acceptors (Lipinski definition) is 5. The molecule has 0 unspecified atom stereocenters. The molecule has 0 amide bonds. The van der Waals surface area contributed by atoms with Crippen LogP contribution in [0.1, 0.15) is 18.1 Å². The van der Waals surface area contributed by atoms with Gasteiger partial charge in [-0.15, -0.1) is 0 Å². The molecule has 1 N–H and O–H groups in total. The highest BCUT2D eigenvalue weighted by molar-refractivity contribution is 6.32. The highest BCUT2D eigenvalue weighted by atomic mass is 35.5. The molecule has 0 bridgehead atoms. The van der Waals surface area contributed by atoms with Gasteiger partial charge in [-0.25, -0.2) is 0 Å². The third kappa shape index (κ3) is 4.18. The van der Waals surface area contributed by atoms with Crippen molar-refractivity contribution >= 4 is 23.3 Å². The maximum atomic E-state index is 11.2. The molecule has 1 aromatic rings. The summed E-state index contributed by atoms with van der Waals surface area (Å²) in [5.41, 5.74) is 1.06. The molecule has 7 heteroatoms. The number of rotatable bonds is 6. The van der Waals surface area contributed by atoms with E-state index in [9.17, 15) is 14.9 Å². The van der Waals surface area contributed by atoms with Gasteiger partial charge in [-0.3, -0.25) is 14.9 Å². The van der Waals surface area contributed by atoms with E-state index in [1.807, 2.05) is 0 Å². The van der Waals surface area contributed by atoms with Crippen molar-refractivity contribution in [3.8, 4) is 0 Å². The predicted octanol–water partition coefficient (Wildman–Crippen LogP) is 2.21. The SMILES string of the molecule is CCOC(=O)CNCc1c([N+](=O)[O-])ccc(C)c1Cl. The molecular formula is C12H15ClN2O4. The Morgan fingerprint density at radius 2 is 2.21 bits per heavy atom. The van der Waals surface area contributed by atoms with E-state index in [1.165, 1.54) is 6.07 Å². The van der Waals surface area contributed by atoms with Crippen molar-refractivity contribution in [2.24, 2.45) is 0 Å². The number of hydrogen-bond donors (Lipinski definition) is 1. The van der Waals surface area contributed by atoms with Gasteiger partial charge in [0, 0.05) is 12.6 Å². The van der Waals surface area contributed by atoms with Gasteiger partial charge in [0.25, 0.3) is 5.69 Å². The van der Waals surface area contributed by atoms with E-state index in [2.05, 4.69) is 5.32 Å². The second-order valence-corrected chi connectivity index (χ2v) is 4.24. The van der Waals surface area contributed by atoms with Gasteiger partial charge < -0.3 is 10.1 Å². The van der Waals surface area contributed by atoms with Crippen LogP contribution in [0.2, 0.25) is 5.02 Å². The van der Waals surface area contributed by atoms with Crippen molar-refractivity contribution in [2.75, 3.05) is 13.2 Å². The molecule has 0 saturated heterocycles. The molecule has 0 aliphatic rings. The molecule has 0 saturated carbocycles. The first-order valence-electron chi connectivity index (χ1n) is 5.76. The highest BCUT2D eigenvalue weighted by Gasteiger charge is 2.18. The first kappa shape index (κ1) is 15.4. The molecule has 6 nitrogen and oxygen atoms in total. The summed E-state index contributed by atoms with van der Waals surface area (Å²) in [6, 6.07) is 3.00. The number of nitro groups is 1. The van der Waals surface area contributed by atoms with E-state index in [4.69, 9.17) is 16.3 Å². The van der Waals surface area contributed by atoms with Crippen LogP contribution < -0.4 is 5.32 Å². The second kappa shape index (κ2) is 7.06. The van der Waals surface area contributed by atoms with Crippen LogP contribution in [-0.4, -0.2) is 24.0 Å². The Hall–Kier alpha value is -1.66. The number of nitrogens with zero attached hydrogens (tertiary/aromatic N) is 1. The summed E-state index contributed by atoms with van der Waals surface area (Å²) in [7, 11) is 0. The molecule has 0 spiro atoms. The first-order valence-corrected chi connectivity index (χ1v) is 6.13. The Morgan fingerprint density at radius 1 is 1.53 bits per heavy atom. The normalized spacial score (nSPS) is 10.3. The lowest BCUT2D eigenvalue weighted by Crippen LogP contribution is -2.24. The molecule has 0 aromatic heterocycles. The van der Waals surface area contributed by atoms with Crippen LogP contribution in [-0.2, 0) is 16.1 Å². The maximum Gasteiger partial charge on any atom is 0.319 e. The molecule has 0 fully saturated rings. The van der Waals surface area contributed by atoms with Gasteiger partial charge in [-0.1, -0.05) is 17.7 Å². The lowest BCUT2D eigenvalue weighted by Gasteiger charge is -2.09. The van der Waals surface area contributed by atoms with Crippen LogP contribution in [0.5, 0.6) is 0 Å². The third-order valence-corrected chi connectivity index (χ3v) is 3.01. The Morgan fingerprint density at radius 3 is 2.79 bits per heavy atom. The zero-order valence-corrected chi connectivity index (χ0v) is 11.5. The van der Waals surface area contributed by atoms with Gasteiger partial charge in [0.2, 0.25) is 0 Å². The number of ether oxygens (including phenoxy) is 1. The number of esters is 1. The summed E-state index contributed by atoms with van der Waals surface area (Å²) >= 11 is 6.06. The van der Waals surface area contributed by atoms with Crippen molar-refractivity contribution < 1.29 is 14.5 Å². The fourth-order valence-corrected chi connectivity index (χ4v) is 1.80. The summed E-state index contributed by atoms with van der Waals surface area (Å²) in [6.45, 7) is 3.89. The Labute approximate surface area is 115 Å². The first-order chi connectivity index (χ1) is 8.97. The van der Waals surface area contributed by atoms with Crippen LogP contribution in [0.25, 0.3) is 0 Å². The minimum Gasteiger partial charge on any atom is -0.465 e. The van der Waals surface area contributed by atoms with Crippen LogP contribution in [0, 0.1) is 17.0 Å². The van der Waals surface area contributed by atoms with E-state index in [0.717, 1.165) is 5.56 Å². The number of aryl methyl sites for hydroxylation is 1. The fraction of sp³-hybridized carbons (Fsp3) is 0.417. The summed E-state index contributed by atoms with van der Waals surface area (Å²) < 4.78 is 4.74. The molecule has 0 aliphatic carbocycles. The van der Waals surface area contributed by atoms with Gasteiger partial charge in [0.15, 0.2) is 0 Å². The van der Waals surface area contributed by atoms with Gasteiger partial charge in [-0.05, 0) is 19.4 Å². The zero-order valence-electron chi connectivity index (χ0n) is 10.7. The zero-order chi connectivity index (χ0) is 14.4. The van der Waals surface area contributed by atoms with Crippen LogP contribution in [0.3, 0.4) is 0 Å². The number of carbonyl (C=O) groups excluding carboxylic acids is 1. The Kier molecular flexibility index (Phi) is 5.72. The van der Waals surface area contributed by atoms with Crippen molar-refractivity contribution in [2.45, 2.75) is 20.4 Å². The van der Waals surface area contributed by atoms with E-state index >= 15 is 0 Å². The summed E-state index contributed by atoms with van der Waals surface area (Å²) in [4.78, 5) is 21.6. The molecule has 19 heavy (non-hydrogen) atoms. The predicted molar refractivity (Wildman–Crippen MR) is 71.2 cm³/mol. The summed E-state index contributed by atoms with van der Waals surface area (Å²) in [5.74, 6) is -0.408. The van der Waals surface area contributed by atoms with Crippen LogP contribution >= 0.6 is 11.6 Å². The van der Waals surface area contributed by atoms with E-state index in [0.29, 0.717) is 17.2 Å². The molecule has 0 radical (unpaired) electrons. The highest BCUT2D eigenvalue weighted by Crippen LogP contribution is 2.29. The monoisotopic (exact) mass is 286 g/mol. The van der Waals surface area contributed by atoms with E-state index in [1.54, 1.807) is 19.9 Å². The average molecular weight is 287 g/mol. The summed E-state index contributed by atoms with van der Waals surface area (Å²) in [6.07, 6.45) is 0. The third-order valence-electron chi connectivity index (χ3n) is 2.48. The molecule has 0 aliphatic heterocycles. The van der Waals surface area contributed by atoms with Gasteiger partial charge in [0.05, 0.1) is 28.7 Å². The van der Waals surface area contributed by atoms with Crippen molar-refractivity contribution in [1.29, 1.82) is 0 Å². The van der Waals surface area contributed by atoms with Crippen LogP contribution in [0.15, 0.2) is 12.1 Å². The number of halogens is 1. The molecule has 1 rings (SSSR count). The van der Waals surface area contributed by atoms with Crippen LogP contribution in [0.4, 0.5) is 5.69 Å². The van der Waals surface area contributed by atoms with Crippen molar-refractivity contribution in [1.82, 2.24) is 5.32 Å². The molecule has 104 valence electrons. The Bertz CT molecular complexity index is 491. The minimum atomic E-state index is -0.493. The quantitative estimate of drug-likeness (QED) is 0.492. The van der Waals surface area contributed by atoms with E-state index < -0.39 is 10.9 Å². The Balaban J connectivity index is 2.79. The molecule has 0 atom stereocenters. The minimum absolute atomic E-state index is 0.0186. The van der Waals surface area contributed by atoms with Gasteiger partial charge in [0.1, 0.15) is 0 Å². The standard InChI is InChI=1S/C12H15ClN2O4/c1-3-19-11(16)7-14-6-9-10(15(17)18)5-4-8(2)12(9)13/h4-5,14H,3,6-7H2,1-2H3. The molecule has 0 heterocycles. The average Bonchev–Trinajstić information content (AvgIpc) is 2.34. The number of carbonyl (C=O) groups is 1. The summed E-state index contributed by atoms with van der Waals surface area (Å²) in [5, 5.41) is 14.0. The smallest absolute Gasteiger partial charge is 0.319 e. The molecular weight excluding hydrogens is 272 g/mol.